The molecule has 0 amide bonds. The van der Waals surface area contributed by atoms with Crippen molar-refractivity contribution in [2.75, 3.05) is 37.0 Å². The van der Waals surface area contributed by atoms with E-state index in [0.717, 1.165) is 37.0 Å². The molecule has 1 saturated heterocycles. The molecule has 0 aromatic carbocycles. The van der Waals surface area contributed by atoms with Gasteiger partial charge >= 0.3 is 0 Å². The molecule has 2 fully saturated rings. The Morgan fingerprint density at radius 3 is 2.90 bits per heavy atom. The first-order valence-corrected chi connectivity index (χ1v) is 7.72. The SMILES string of the molecule is CNc1cc(N2CCCC(CCO)C2)nc(C2CC2)n1. The van der Waals surface area contributed by atoms with E-state index >= 15 is 0 Å². The van der Waals surface area contributed by atoms with Crippen molar-refractivity contribution in [3.63, 3.8) is 0 Å². The molecule has 5 heteroatoms. The number of hydrogen-bond donors (Lipinski definition) is 2. The number of anilines is 2. The van der Waals surface area contributed by atoms with Gasteiger partial charge in [-0.1, -0.05) is 0 Å². The molecule has 1 aromatic heterocycles. The second-order valence-corrected chi connectivity index (χ2v) is 5.96. The van der Waals surface area contributed by atoms with Crippen LogP contribution in [0, 0.1) is 5.92 Å². The molecule has 1 aliphatic heterocycles. The molecule has 1 aliphatic carbocycles. The van der Waals surface area contributed by atoms with Gasteiger partial charge in [-0.2, -0.15) is 0 Å². The molecule has 1 unspecified atom stereocenters. The van der Waals surface area contributed by atoms with Crippen molar-refractivity contribution >= 4 is 11.6 Å². The average molecular weight is 276 g/mol. The predicted molar refractivity (Wildman–Crippen MR) is 80.2 cm³/mol. The van der Waals surface area contributed by atoms with E-state index in [1.54, 1.807) is 0 Å². The minimum atomic E-state index is 0.289. The van der Waals surface area contributed by atoms with Crippen molar-refractivity contribution in [3.8, 4) is 0 Å². The average Bonchev–Trinajstić information content (AvgIpc) is 3.32. The van der Waals surface area contributed by atoms with Crippen molar-refractivity contribution in [2.45, 2.75) is 38.0 Å². The summed E-state index contributed by atoms with van der Waals surface area (Å²) in [5.41, 5.74) is 0. The number of aromatic nitrogens is 2. The molecule has 0 bridgehead atoms. The van der Waals surface area contributed by atoms with Gasteiger partial charge in [0, 0.05) is 38.7 Å². The van der Waals surface area contributed by atoms with E-state index in [-0.39, 0.29) is 6.61 Å². The topological polar surface area (TPSA) is 61.3 Å². The van der Waals surface area contributed by atoms with Crippen LogP contribution in [0.4, 0.5) is 11.6 Å². The van der Waals surface area contributed by atoms with Crippen molar-refractivity contribution in [1.29, 1.82) is 0 Å². The summed E-state index contributed by atoms with van der Waals surface area (Å²) < 4.78 is 0. The van der Waals surface area contributed by atoms with E-state index in [1.807, 2.05) is 13.1 Å². The van der Waals surface area contributed by atoms with Crippen LogP contribution in [-0.2, 0) is 0 Å². The fourth-order valence-electron chi connectivity index (χ4n) is 2.96. The maximum absolute atomic E-state index is 9.13. The van der Waals surface area contributed by atoms with E-state index in [9.17, 15) is 0 Å². The van der Waals surface area contributed by atoms with Crippen LogP contribution in [0.1, 0.15) is 43.8 Å². The second-order valence-electron chi connectivity index (χ2n) is 5.96. The summed E-state index contributed by atoms with van der Waals surface area (Å²) in [4.78, 5) is 11.7. The molecule has 110 valence electrons. The van der Waals surface area contributed by atoms with Crippen molar-refractivity contribution in [1.82, 2.24) is 9.97 Å². The molecule has 5 nitrogen and oxygen atoms in total. The van der Waals surface area contributed by atoms with Crippen molar-refractivity contribution in [3.05, 3.63) is 11.9 Å². The summed E-state index contributed by atoms with van der Waals surface area (Å²) >= 11 is 0. The molecule has 2 N–H and O–H groups in total. The third kappa shape index (κ3) is 3.03. The third-order valence-electron chi connectivity index (χ3n) is 4.31. The van der Waals surface area contributed by atoms with Gasteiger partial charge < -0.3 is 15.3 Å². The largest absolute Gasteiger partial charge is 0.396 e. The number of piperidine rings is 1. The number of rotatable bonds is 5. The summed E-state index contributed by atoms with van der Waals surface area (Å²) in [6, 6.07) is 2.05. The smallest absolute Gasteiger partial charge is 0.136 e. The molecule has 3 rings (SSSR count). The van der Waals surface area contributed by atoms with Crippen LogP contribution in [0.15, 0.2) is 6.07 Å². The summed E-state index contributed by atoms with van der Waals surface area (Å²) in [6.07, 6.45) is 5.74. The van der Waals surface area contributed by atoms with Gasteiger partial charge in [0.1, 0.15) is 17.5 Å². The first-order chi connectivity index (χ1) is 9.80. The Morgan fingerprint density at radius 2 is 2.20 bits per heavy atom. The maximum atomic E-state index is 9.13. The van der Waals surface area contributed by atoms with Crippen LogP contribution in [0.5, 0.6) is 0 Å². The Morgan fingerprint density at radius 1 is 1.35 bits per heavy atom. The highest BCUT2D eigenvalue weighted by Gasteiger charge is 2.28. The third-order valence-corrected chi connectivity index (χ3v) is 4.31. The minimum absolute atomic E-state index is 0.289. The van der Waals surface area contributed by atoms with E-state index in [0.29, 0.717) is 11.8 Å². The molecular formula is C15H24N4O. The van der Waals surface area contributed by atoms with Gasteiger partial charge in [-0.25, -0.2) is 9.97 Å². The fraction of sp³-hybridized carbons (Fsp3) is 0.733. The van der Waals surface area contributed by atoms with Crippen LogP contribution in [0.3, 0.4) is 0 Å². The summed E-state index contributed by atoms with van der Waals surface area (Å²) in [7, 11) is 1.91. The molecule has 2 aliphatic rings. The zero-order valence-corrected chi connectivity index (χ0v) is 12.2. The van der Waals surface area contributed by atoms with E-state index < -0.39 is 0 Å². The highest BCUT2D eigenvalue weighted by molar-refractivity contribution is 5.50. The first kappa shape index (κ1) is 13.6. The number of aliphatic hydroxyl groups is 1. The van der Waals surface area contributed by atoms with E-state index in [2.05, 4.69) is 15.2 Å². The maximum Gasteiger partial charge on any atom is 0.136 e. The van der Waals surface area contributed by atoms with Gasteiger partial charge in [-0.15, -0.1) is 0 Å². The molecule has 1 saturated carbocycles. The normalized spacial score (nSPS) is 22.9. The number of nitrogens with one attached hydrogen (secondary N) is 1. The first-order valence-electron chi connectivity index (χ1n) is 7.72. The molecule has 20 heavy (non-hydrogen) atoms. The molecule has 0 spiro atoms. The minimum Gasteiger partial charge on any atom is -0.396 e. The van der Waals surface area contributed by atoms with Crippen LogP contribution in [-0.4, -0.2) is 41.8 Å². The highest BCUT2D eigenvalue weighted by Crippen LogP contribution is 2.39. The number of hydrogen-bond acceptors (Lipinski definition) is 5. The van der Waals surface area contributed by atoms with Crippen LogP contribution in [0.2, 0.25) is 0 Å². The van der Waals surface area contributed by atoms with Gasteiger partial charge in [-0.3, -0.25) is 0 Å². The lowest BCUT2D eigenvalue weighted by Gasteiger charge is -2.33. The second kappa shape index (κ2) is 5.95. The zero-order chi connectivity index (χ0) is 13.9. The summed E-state index contributed by atoms with van der Waals surface area (Å²) in [5.74, 6) is 4.12. The van der Waals surface area contributed by atoms with Crippen LogP contribution in [0.25, 0.3) is 0 Å². The lowest BCUT2D eigenvalue weighted by molar-refractivity contribution is 0.244. The van der Waals surface area contributed by atoms with E-state index in [1.165, 1.54) is 25.7 Å². The molecule has 1 aromatic rings. The quantitative estimate of drug-likeness (QED) is 0.861. The van der Waals surface area contributed by atoms with Gasteiger partial charge in [0.2, 0.25) is 0 Å². The van der Waals surface area contributed by atoms with Gasteiger partial charge in [0.15, 0.2) is 0 Å². The number of aliphatic hydroxyl groups excluding tert-OH is 1. The Bertz CT molecular complexity index is 459. The molecule has 1 atom stereocenters. The summed E-state index contributed by atoms with van der Waals surface area (Å²) in [5, 5.41) is 12.3. The molecule has 2 heterocycles. The lowest BCUT2D eigenvalue weighted by atomic mass is 9.95. The monoisotopic (exact) mass is 276 g/mol. The Labute approximate surface area is 120 Å². The Hall–Kier alpha value is -1.36. The Balaban J connectivity index is 1.79. The van der Waals surface area contributed by atoms with Gasteiger partial charge in [0.05, 0.1) is 0 Å². The zero-order valence-electron chi connectivity index (χ0n) is 12.2. The molecule has 0 radical (unpaired) electrons. The van der Waals surface area contributed by atoms with E-state index in [4.69, 9.17) is 10.1 Å². The highest BCUT2D eigenvalue weighted by atomic mass is 16.3. The van der Waals surface area contributed by atoms with Gasteiger partial charge in [-0.05, 0) is 38.0 Å². The predicted octanol–water partition coefficient (Wildman–Crippen LogP) is 1.99. The van der Waals surface area contributed by atoms with Crippen LogP contribution >= 0.6 is 0 Å². The number of nitrogens with zero attached hydrogens (tertiary/aromatic N) is 3. The van der Waals surface area contributed by atoms with Crippen molar-refractivity contribution in [2.24, 2.45) is 5.92 Å². The standard InChI is InChI=1S/C15H24N4O/c1-16-13-9-14(18-15(17-13)12-4-5-12)19-7-2-3-11(10-19)6-8-20/h9,11-12,20H,2-8,10H2,1H3,(H,16,17,18). The lowest BCUT2D eigenvalue weighted by Crippen LogP contribution is -2.36. The van der Waals surface area contributed by atoms with Crippen molar-refractivity contribution < 1.29 is 5.11 Å². The van der Waals surface area contributed by atoms with Gasteiger partial charge in [0.25, 0.3) is 0 Å². The summed E-state index contributed by atoms with van der Waals surface area (Å²) in [6.45, 7) is 2.36. The molecular weight excluding hydrogens is 252 g/mol. The Kier molecular flexibility index (Phi) is 4.05. The fourth-order valence-corrected chi connectivity index (χ4v) is 2.96. The van der Waals surface area contributed by atoms with Crippen LogP contribution < -0.4 is 10.2 Å².